The van der Waals surface area contributed by atoms with Gasteiger partial charge in [0.2, 0.25) is 11.8 Å². The molecule has 0 saturated carbocycles. The average Bonchev–Trinajstić information content (AvgIpc) is 3.23. The van der Waals surface area contributed by atoms with Crippen LogP contribution in [0.3, 0.4) is 0 Å². The molecule has 0 spiro atoms. The van der Waals surface area contributed by atoms with E-state index in [1.165, 1.54) is 10.9 Å². The van der Waals surface area contributed by atoms with Crippen molar-refractivity contribution in [3.8, 4) is 5.75 Å². The van der Waals surface area contributed by atoms with Crippen LogP contribution in [0.5, 0.6) is 5.75 Å². The second-order valence-corrected chi connectivity index (χ2v) is 8.60. The lowest BCUT2D eigenvalue weighted by Gasteiger charge is -2.30. The zero-order valence-electron chi connectivity index (χ0n) is 20.1. The van der Waals surface area contributed by atoms with Crippen molar-refractivity contribution in [2.45, 2.75) is 52.6 Å². The number of para-hydroxylation sites is 2. The number of fused-ring (bicyclic) bond motifs is 1. The van der Waals surface area contributed by atoms with E-state index in [2.05, 4.69) is 17.1 Å². The Morgan fingerprint density at radius 1 is 1.00 bits per heavy atom. The van der Waals surface area contributed by atoms with Crippen LogP contribution in [0, 0.1) is 0 Å². The van der Waals surface area contributed by atoms with Gasteiger partial charge in [0.1, 0.15) is 5.75 Å². The molecule has 2 aromatic carbocycles. The number of aromatic nitrogens is 1. The Morgan fingerprint density at radius 3 is 2.45 bits per heavy atom. The maximum Gasteiger partial charge on any atom is 0.242 e. The first-order valence-electron chi connectivity index (χ1n) is 11.7. The number of hydrogen-bond donors (Lipinski definition) is 1. The van der Waals surface area contributed by atoms with Crippen molar-refractivity contribution >= 4 is 22.7 Å². The SMILES string of the molecule is CCCC(=O)N(CC(=O)N(CCc1c[nH]c2ccccc12)Cc1ccccc1OC)C(C)C. The Balaban J connectivity index is 1.82. The molecule has 0 bridgehead atoms. The topological polar surface area (TPSA) is 65.6 Å². The standard InChI is InChI=1S/C27H35N3O3/c1-5-10-26(31)30(20(2)3)19-27(32)29(18-22-11-6-9-14-25(22)33-4)16-15-21-17-28-24-13-8-7-12-23(21)24/h6-9,11-14,17,20,28H,5,10,15-16,18-19H2,1-4H3. The molecule has 1 heterocycles. The third kappa shape index (κ3) is 6.15. The van der Waals surface area contributed by atoms with E-state index in [1.807, 2.05) is 68.3 Å². The van der Waals surface area contributed by atoms with Gasteiger partial charge in [0.25, 0.3) is 0 Å². The lowest BCUT2D eigenvalue weighted by atomic mass is 10.1. The number of amides is 2. The van der Waals surface area contributed by atoms with Gasteiger partial charge in [-0.15, -0.1) is 0 Å². The fourth-order valence-electron chi connectivity index (χ4n) is 4.09. The van der Waals surface area contributed by atoms with Gasteiger partial charge < -0.3 is 19.5 Å². The molecule has 1 N–H and O–H groups in total. The summed E-state index contributed by atoms with van der Waals surface area (Å²) in [5.74, 6) is 0.721. The van der Waals surface area contributed by atoms with E-state index in [0.29, 0.717) is 19.5 Å². The molecule has 0 aliphatic carbocycles. The largest absolute Gasteiger partial charge is 0.496 e. The molecular formula is C27H35N3O3. The van der Waals surface area contributed by atoms with Crippen molar-refractivity contribution in [1.82, 2.24) is 14.8 Å². The molecule has 0 unspecified atom stereocenters. The first-order valence-corrected chi connectivity index (χ1v) is 11.7. The predicted octanol–water partition coefficient (Wildman–Crippen LogP) is 4.78. The van der Waals surface area contributed by atoms with Crippen LogP contribution in [0.4, 0.5) is 0 Å². The van der Waals surface area contributed by atoms with Crippen LogP contribution in [-0.2, 0) is 22.6 Å². The summed E-state index contributed by atoms with van der Waals surface area (Å²) in [6.45, 7) is 6.95. The maximum atomic E-state index is 13.5. The summed E-state index contributed by atoms with van der Waals surface area (Å²) in [4.78, 5) is 32.9. The number of ether oxygens (including phenoxy) is 1. The van der Waals surface area contributed by atoms with Crippen molar-refractivity contribution in [1.29, 1.82) is 0 Å². The molecular weight excluding hydrogens is 414 g/mol. The number of benzene rings is 2. The molecule has 0 radical (unpaired) electrons. The third-order valence-electron chi connectivity index (χ3n) is 5.95. The van der Waals surface area contributed by atoms with Gasteiger partial charge in [0.05, 0.1) is 13.7 Å². The lowest BCUT2D eigenvalue weighted by molar-refractivity contribution is -0.142. The van der Waals surface area contributed by atoms with Crippen LogP contribution in [0.15, 0.2) is 54.7 Å². The summed E-state index contributed by atoms with van der Waals surface area (Å²) in [5, 5.41) is 1.17. The van der Waals surface area contributed by atoms with E-state index in [0.717, 1.165) is 29.7 Å². The van der Waals surface area contributed by atoms with Gasteiger partial charge in [-0.2, -0.15) is 0 Å². The number of hydrogen-bond acceptors (Lipinski definition) is 3. The number of nitrogens with zero attached hydrogens (tertiary/aromatic N) is 2. The highest BCUT2D eigenvalue weighted by Crippen LogP contribution is 2.22. The first kappa shape index (κ1) is 24.4. The second kappa shape index (κ2) is 11.5. The minimum atomic E-state index is -0.0566. The molecule has 3 rings (SSSR count). The molecule has 0 atom stereocenters. The Kier molecular flexibility index (Phi) is 8.52. The number of rotatable bonds is 11. The number of carbonyl (C=O) groups is 2. The maximum absolute atomic E-state index is 13.5. The van der Waals surface area contributed by atoms with Gasteiger partial charge in [-0.1, -0.05) is 43.3 Å². The van der Waals surface area contributed by atoms with Crippen molar-refractivity contribution in [3.63, 3.8) is 0 Å². The molecule has 2 amide bonds. The summed E-state index contributed by atoms with van der Waals surface area (Å²) in [6.07, 6.45) is 3.95. The molecule has 0 aliphatic rings. The van der Waals surface area contributed by atoms with Crippen LogP contribution in [0.25, 0.3) is 10.9 Å². The van der Waals surface area contributed by atoms with E-state index < -0.39 is 0 Å². The van der Waals surface area contributed by atoms with Crippen LogP contribution >= 0.6 is 0 Å². The fourth-order valence-corrected chi connectivity index (χ4v) is 4.09. The Bertz CT molecular complexity index is 1070. The quantitative estimate of drug-likeness (QED) is 0.458. The molecule has 6 heteroatoms. The van der Waals surface area contributed by atoms with Gasteiger partial charge >= 0.3 is 0 Å². The number of methoxy groups -OCH3 is 1. The summed E-state index contributed by atoms with van der Waals surface area (Å²) in [5.41, 5.74) is 3.21. The van der Waals surface area contributed by atoms with E-state index in [1.54, 1.807) is 12.0 Å². The van der Waals surface area contributed by atoms with E-state index >= 15 is 0 Å². The Labute approximate surface area is 196 Å². The van der Waals surface area contributed by atoms with Gasteiger partial charge in [-0.3, -0.25) is 9.59 Å². The molecule has 1 aromatic heterocycles. The fraction of sp³-hybridized carbons (Fsp3) is 0.407. The molecule has 0 saturated heterocycles. The zero-order valence-corrected chi connectivity index (χ0v) is 20.1. The minimum absolute atomic E-state index is 0.0229. The third-order valence-corrected chi connectivity index (χ3v) is 5.95. The summed E-state index contributed by atoms with van der Waals surface area (Å²) >= 11 is 0. The normalized spacial score (nSPS) is 11.1. The zero-order chi connectivity index (χ0) is 23.8. The van der Waals surface area contributed by atoms with E-state index in [4.69, 9.17) is 4.74 Å². The number of aromatic amines is 1. The molecule has 33 heavy (non-hydrogen) atoms. The Morgan fingerprint density at radius 2 is 1.73 bits per heavy atom. The molecule has 6 nitrogen and oxygen atoms in total. The monoisotopic (exact) mass is 449 g/mol. The average molecular weight is 450 g/mol. The highest BCUT2D eigenvalue weighted by molar-refractivity contribution is 5.85. The van der Waals surface area contributed by atoms with Gasteiger partial charge in [-0.25, -0.2) is 0 Å². The van der Waals surface area contributed by atoms with Crippen LogP contribution < -0.4 is 4.74 Å². The number of carbonyl (C=O) groups excluding carboxylic acids is 2. The molecule has 0 aliphatic heterocycles. The van der Waals surface area contributed by atoms with Gasteiger partial charge in [0.15, 0.2) is 0 Å². The van der Waals surface area contributed by atoms with Crippen molar-refractivity contribution in [2.75, 3.05) is 20.2 Å². The molecule has 176 valence electrons. The molecule has 0 fully saturated rings. The van der Waals surface area contributed by atoms with Crippen LogP contribution in [0.2, 0.25) is 0 Å². The minimum Gasteiger partial charge on any atom is -0.496 e. The summed E-state index contributed by atoms with van der Waals surface area (Å²) in [6, 6.07) is 15.9. The molecule has 3 aromatic rings. The van der Waals surface area contributed by atoms with Crippen molar-refractivity contribution in [3.05, 3.63) is 65.9 Å². The summed E-state index contributed by atoms with van der Waals surface area (Å²) < 4.78 is 5.52. The first-order chi connectivity index (χ1) is 15.9. The van der Waals surface area contributed by atoms with E-state index in [9.17, 15) is 9.59 Å². The van der Waals surface area contributed by atoms with Crippen molar-refractivity contribution in [2.24, 2.45) is 0 Å². The van der Waals surface area contributed by atoms with Crippen molar-refractivity contribution < 1.29 is 14.3 Å². The summed E-state index contributed by atoms with van der Waals surface area (Å²) in [7, 11) is 1.64. The highest BCUT2D eigenvalue weighted by Gasteiger charge is 2.24. The van der Waals surface area contributed by atoms with Crippen LogP contribution in [0.1, 0.15) is 44.7 Å². The smallest absolute Gasteiger partial charge is 0.242 e. The Hall–Kier alpha value is -3.28. The van der Waals surface area contributed by atoms with Crippen LogP contribution in [-0.4, -0.2) is 52.8 Å². The number of nitrogens with one attached hydrogen (secondary N) is 1. The second-order valence-electron chi connectivity index (χ2n) is 8.60. The van der Waals surface area contributed by atoms with Gasteiger partial charge in [0, 0.05) is 48.2 Å². The highest BCUT2D eigenvalue weighted by atomic mass is 16.5. The van der Waals surface area contributed by atoms with Gasteiger partial charge in [-0.05, 0) is 44.4 Å². The van der Waals surface area contributed by atoms with E-state index in [-0.39, 0.29) is 24.4 Å². The lowest BCUT2D eigenvalue weighted by Crippen LogP contribution is -2.46. The predicted molar refractivity (Wildman–Crippen MR) is 132 cm³/mol. The number of H-pyrrole nitrogens is 1.